The fraction of sp³-hybridized carbons (Fsp3) is 0.500. The maximum Gasteiger partial charge on any atom is 0.194 e. The summed E-state index contributed by atoms with van der Waals surface area (Å²) in [5.74, 6) is 2.44. The van der Waals surface area contributed by atoms with Gasteiger partial charge in [-0.15, -0.1) is 11.3 Å². The van der Waals surface area contributed by atoms with E-state index in [0.717, 1.165) is 54.8 Å². The summed E-state index contributed by atoms with van der Waals surface area (Å²) in [7, 11) is 3.36. The predicted octanol–water partition coefficient (Wildman–Crippen LogP) is 2.58. The van der Waals surface area contributed by atoms with Crippen molar-refractivity contribution in [1.82, 2.24) is 10.3 Å². The van der Waals surface area contributed by atoms with Crippen molar-refractivity contribution in [2.45, 2.75) is 12.8 Å². The molecule has 1 N–H and O–H groups in total. The Hall–Kier alpha value is -1.37. The summed E-state index contributed by atoms with van der Waals surface area (Å²) in [6, 6.07) is 1.96. The fourth-order valence-electron chi connectivity index (χ4n) is 1.76. The van der Waals surface area contributed by atoms with Crippen LogP contribution in [0, 0.1) is 0 Å². The maximum atomic E-state index is 5.75. The minimum atomic E-state index is 0.739. The first-order chi connectivity index (χ1) is 9.83. The Morgan fingerprint density at radius 1 is 1.35 bits per heavy atom. The summed E-state index contributed by atoms with van der Waals surface area (Å²) in [6.45, 7) is 2.56. The molecule has 0 saturated carbocycles. The number of thiophene rings is 1. The van der Waals surface area contributed by atoms with Gasteiger partial charge in [0.15, 0.2) is 11.7 Å². The van der Waals surface area contributed by atoms with Crippen LogP contribution in [0.2, 0.25) is 0 Å². The monoisotopic (exact) mass is 296 g/mol. The number of oxazole rings is 1. The van der Waals surface area contributed by atoms with E-state index >= 15 is 0 Å². The Bertz CT molecular complexity index is 510. The minimum Gasteiger partial charge on any atom is -0.496 e. The van der Waals surface area contributed by atoms with Gasteiger partial charge in [0, 0.05) is 31.5 Å². The van der Waals surface area contributed by atoms with Crippen molar-refractivity contribution in [3.05, 3.63) is 23.5 Å². The smallest absolute Gasteiger partial charge is 0.194 e. The molecule has 0 amide bonds. The molecule has 2 rings (SSSR count). The first kappa shape index (κ1) is 15.0. The van der Waals surface area contributed by atoms with Crippen LogP contribution in [-0.2, 0) is 11.2 Å². The Morgan fingerprint density at radius 3 is 3.00 bits per heavy atom. The molecule has 0 aliphatic rings. The summed E-state index contributed by atoms with van der Waals surface area (Å²) >= 11 is 1.59. The van der Waals surface area contributed by atoms with Crippen molar-refractivity contribution in [2.24, 2.45) is 0 Å². The second-order valence-electron chi connectivity index (χ2n) is 4.32. The summed E-state index contributed by atoms with van der Waals surface area (Å²) in [5.41, 5.74) is 0. The Morgan fingerprint density at radius 2 is 2.25 bits per heavy atom. The predicted molar refractivity (Wildman–Crippen MR) is 79.4 cm³/mol. The van der Waals surface area contributed by atoms with Crippen LogP contribution in [0.4, 0.5) is 0 Å². The third-order valence-electron chi connectivity index (χ3n) is 2.83. The quantitative estimate of drug-likeness (QED) is 0.721. The average Bonchev–Trinajstić information content (AvgIpc) is 3.11. The molecule has 0 radical (unpaired) electrons. The number of hydrogen-bond donors (Lipinski definition) is 1. The zero-order chi connectivity index (χ0) is 14.2. The lowest BCUT2D eigenvalue weighted by molar-refractivity contribution is 0.199. The van der Waals surface area contributed by atoms with Crippen LogP contribution in [0.5, 0.6) is 5.75 Å². The number of aromatic nitrogens is 1. The van der Waals surface area contributed by atoms with Gasteiger partial charge in [-0.2, -0.15) is 0 Å². The van der Waals surface area contributed by atoms with Gasteiger partial charge in [-0.3, -0.25) is 0 Å². The van der Waals surface area contributed by atoms with E-state index in [0.29, 0.717) is 0 Å². The summed E-state index contributed by atoms with van der Waals surface area (Å²) in [4.78, 5) is 5.35. The van der Waals surface area contributed by atoms with E-state index in [1.165, 1.54) is 0 Å². The van der Waals surface area contributed by atoms with Gasteiger partial charge in [0.2, 0.25) is 0 Å². The van der Waals surface area contributed by atoms with Crippen molar-refractivity contribution < 1.29 is 13.9 Å². The molecule has 6 heteroatoms. The van der Waals surface area contributed by atoms with Crippen LogP contribution in [0.25, 0.3) is 10.6 Å². The van der Waals surface area contributed by atoms with E-state index in [1.807, 2.05) is 11.4 Å². The second-order valence-corrected chi connectivity index (χ2v) is 5.23. The minimum absolute atomic E-state index is 0.739. The Kier molecular flexibility index (Phi) is 6.04. The molecule has 0 atom stereocenters. The molecule has 2 aromatic rings. The number of nitrogens with one attached hydrogen (secondary N) is 1. The average molecular weight is 296 g/mol. The van der Waals surface area contributed by atoms with Crippen LogP contribution in [-0.4, -0.2) is 38.9 Å². The van der Waals surface area contributed by atoms with Gasteiger partial charge in [-0.1, -0.05) is 0 Å². The van der Waals surface area contributed by atoms with Crippen molar-refractivity contribution in [3.63, 3.8) is 0 Å². The van der Waals surface area contributed by atoms with Crippen LogP contribution < -0.4 is 10.1 Å². The number of rotatable bonds is 9. The standard InChI is InChI=1S/C14H20N2O3S/c1-17-7-6-15-5-3-4-14-16-9-12(19-14)13-8-11(18-2)10-20-13/h8-10,15H,3-7H2,1-2H3. The van der Waals surface area contributed by atoms with Crippen molar-refractivity contribution in [3.8, 4) is 16.4 Å². The second kappa shape index (κ2) is 8.04. The van der Waals surface area contributed by atoms with Crippen molar-refractivity contribution in [2.75, 3.05) is 33.9 Å². The summed E-state index contributed by atoms with van der Waals surface area (Å²) < 4.78 is 15.9. The van der Waals surface area contributed by atoms with E-state index in [1.54, 1.807) is 31.8 Å². The van der Waals surface area contributed by atoms with Crippen LogP contribution in [0.15, 0.2) is 22.1 Å². The zero-order valence-corrected chi connectivity index (χ0v) is 12.7. The molecule has 0 spiro atoms. The lowest BCUT2D eigenvalue weighted by Gasteiger charge is -2.01. The molecule has 0 bridgehead atoms. The van der Waals surface area contributed by atoms with E-state index in [4.69, 9.17) is 13.9 Å². The molecule has 0 fully saturated rings. The molecule has 2 aromatic heterocycles. The van der Waals surface area contributed by atoms with Crippen LogP contribution in [0.1, 0.15) is 12.3 Å². The SMILES string of the molecule is COCCNCCCc1ncc(-c2cc(OC)cs2)o1. The molecule has 0 aliphatic carbocycles. The van der Waals surface area contributed by atoms with E-state index in [-0.39, 0.29) is 0 Å². The van der Waals surface area contributed by atoms with Crippen molar-refractivity contribution >= 4 is 11.3 Å². The lowest BCUT2D eigenvalue weighted by Crippen LogP contribution is -2.20. The number of methoxy groups -OCH3 is 2. The van der Waals surface area contributed by atoms with Crippen LogP contribution in [0.3, 0.4) is 0 Å². The third-order valence-corrected chi connectivity index (χ3v) is 3.76. The number of ether oxygens (including phenoxy) is 2. The molecule has 20 heavy (non-hydrogen) atoms. The Labute approximate surface area is 122 Å². The van der Waals surface area contributed by atoms with E-state index in [9.17, 15) is 0 Å². The van der Waals surface area contributed by atoms with Gasteiger partial charge in [0.1, 0.15) is 5.75 Å². The Balaban J connectivity index is 1.77. The first-order valence-electron chi connectivity index (χ1n) is 6.60. The van der Waals surface area contributed by atoms with Gasteiger partial charge in [0.05, 0.1) is 24.8 Å². The maximum absolute atomic E-state index is 5.75. The lowest BCUT2D eigenvalue weighted by atomic mass is 10.3. The highest BCUT2D eigenvalue weighted by molar-refractivity contribution is 7.13. The zero-order valence-electron chi connectivity index (χ0n) is 11.8. The fourth-order valence-corrected chi connectivity index (χ4v) is 2.56. The molecule has 0 aromatic carbocycles. The van der Waals surface area contributed by atoms with Gasteiger partial charge in [-0.05, 0) is 13.0 Å². The normalized spacial score (nSPS) is 10.9. The van der Waals surface area contributed by atoms with Gasteiger partial charge >= 0.3 is 0 Å². The van der Waals surface area contributed by atoms with E-state index in [2.05, 4.69) is 10.3 Å². The molecule has 0 unspecified atom stereocenters. The molecule has 0 saturated heterocycles. The number of nitrogens with zero attached hydrogens (tertiary/aromatic N) is 1. The highest BCUT2D eigenvalue weighted by Gasteiger charge is 2.09. The van der Waals surface area contributed by atoms with Gasteiger partial charge in [0.25, 0.3) is 0 Å². The molecule has 2 heterocycles. The highest BCUT2D eigenvalue weighted by Crippen LogP contribution is 2.31. The third kappa shape index (κ3) is 4.33. The summed E-state index contributed by atoms with van der Waals surface area (Å²) in [6.07, 6.45) is 3.61. The molecule has 110 valence electrons. The van der Waals surface area contributed by atoms with Crippen LogP contribution >= 0.6 is 11.3 Å². The van der Waals surface area contributed by atoms with Gasteiger partial charge in [-0.25, -0.2) is 4.98 Å². The highest BCUT2D eigenvalue weighted by atomic mass is 32.1. The molecular weight excluding hydrogens is 276 g/mol. The summed E-state index contributed by atoms with van der Waals surface area (Å²) in [5, 5.41) is 5.25. The van der Waals surface area contributed by atoms with Gasteiger partial charge < -0.3 is 19.2 Å². The number of hydrogen-bond acceptors (Lipinski definition) is 6. The van der Waals surface area contributed by atoms with Crippen molar-refractivity contribution in [1.29, 1.82) is 0 Å². The molecule has 0 aliphatic heterocycles. The largest absolute Gasteiger partial charge is 0.496 e. The molecule has 5 nitrogen and oxygen atoms in total. The van der Waals surface area contributed by atoms with E-state index < -0.39 is 0 Å². The number of aryl methyl sites for hydroxylation is 1. The topological polar surface area (TPSA) is 56.5 Å². The molecular formula is C14H20N2O3S. The first-order valence-corrected chi connectivity index (χ1v) is 7.48.